The molecule has 0 spiro atoms. The highest BCUT2D eigenvalue weighted by Gasteiger charge is 2.02. The Morgan fingerprint density at radius 1 is 0.950 bits per heavy atom. The maximum Gasteiger partial charge on any atom is 0.108 e. The number of rotatable bonds is 6. The molecule has 102 valence electrons. The summed E-state index contributed by atoms with van der Waals surface area (Å²) >= 11 is 1.78. The van der Waals surface area contributed by atoms with Crippen LogP contribution in [0.1, 0.15) is 17.0 Å². The molecule has 0 fully saturated rings. The van der Waals surface area contributed by atoms with Crippen molar-refractivity contribution in [3.8, 4) is 0 Å². The van der Waals surface area contributed by atoms with Gasteiger partial charge >= 0.3 is 0 Å². The number of hydrogen-bond donors (Lipinski definition) is 1. The predicted molar refractivity (Wildman–Crippen MR) is 86.1 cm³/mol. The van der Waals surface area contributed by atoms with Gasteiger partial charge in [0.05, 0.1) is 10.2 Å². The topological polar surface area (TPSA) is 24.9 Å². The summed E-state index contributed by atoms with van der Waals surface area (Å²) in [6.45, 7) is 1.90. The first-order valence-electron chi connectivity index (χ1n) is 7.01. The molecule has 0 saturated heterocycles. The average Bonchev–Trinajstić information content (AvgIpc) is 2.90. The van der Waals surface area contributed by atoms with Crippen LogP contribution in [0.3, 0.4) is 0 Å². The van der Waals surface area contributed by atoms with Gasteiger partial charge in [-0.25, -0.2) is 4.98 Å². The molecular formula is C17H18N2S. The molecule has 0 radical (unpaired) electrons. The zero-order valence-electron chi connectivity index (χ0n) is 11.4. The lowest BCUT2D eigenvalue weighted by atomic mass is 10.1. The summed E-state index contributed by atoms with van der Waals surface area (Å²) in [7, 11) is 0. The van der Waals surface area contributed by atoms with E-state index in [-0.39, 0.29) is 0 Å². The van der Waals surface area contributed by atoms with E-state index in [1.165, 1.54) is 15.3 Å². The van der Waals surface area contributed by atoms with E-state index < -0.39 is 0 Å². The molecule has 3 aromatic rings. The summed E-state index contributed by atoms with van der Waals surface area (Å²) in [6.07, 6.45) is 2.29. The first kappa shape index (κ1) is 13.3. The van der Waals surface area contributed by atoms with Crippen LogP contribution in [-0.2, 0) is 13.0 Å². The van der Waals surface area contributed by atoms with Crippen molar-refractivity contribution in [3.05, 3.63) is 65.2 Å². The Balaban J connectivity index is 1.43. The summed E-state index contributed by atoms with van der Waals surface area (Å²) in [5, 5.41) is 4.65. The van der Waals surface area contributed by atoms with Crippen LogP contribution in [0.5, 0.6) is 0 Å². The van der Waals surface area contributed by atoms with E-state index in [4.69, 9.17) is 0 Å². The molecule has 0 aliphatic carbocycles. The number of thiazole rings is 1. The molecule has 0 saturated carbocycles. The lowest BCUT2D eigenvalue weighted by Crippen LogP contribution is -2.15. The number of fused-ring (bicyclic) bond motifs is 1. The van der Waals surface area contributed by atoms with Crippen LogP contribution in [0.4, 0.5) is 0 Å². The largest absolute Gasteiger partial charge is 0.310 e. The van der Waals surface area contributed by atoms with Gasteiger partial charge in [-0.1, -0.05) is 42.5 Å². The number of aryl methyl sites for hydroxylation is 1. The normalized spacial score (nSPS) is 11.0. The first-order valence-corrected chi connectivity index (χ1v) is 7.82. The Hall–Kier alpha value is -1.71. The van der Waals surface area contributed by atoms with Crippen molar-refractivity contribution in [2.45, 2.75) is 19.4 Å². The molecule has 1 aromatic heterocycles. The Morgan fingerprint density at radius 2 is 1.75 bits per heavy atom. The van der Waals surface area contributed by atoms with E-state index in [0.29, 0.717) is 0 Å². The second-order valence-electron chi connectivity index (χ2n) is 4.84. The van der Waals surface area contributed by atoms with E-state index in [9.17, 15) is 0 Å². The van der Waals surface area contributed by atoms with Crippen molar-refractivity contribution in [3.63, 3.8) is 0 Å². The minimum absolute atomic E-state index is 0.869. The first-order chi connectivity index (χ1) is 9.92. The van der Waals surface area contributed by atoms with E-state index in [0.717, 1.165) is 31.4 Å². The van der Waals surface area contributed by atoms with Gasteiger partial charge in [-0.3, -0.25) is 0 Å². The smallest absolute Gasteiger partial charge is 0.108 e. The van der Waals surface area contributed by atoms with Gasteiger partial charge in [0.15, 0.2) is 0 Å². The standard InChI is InChI=1S/C17H18N2S/c1-2-7-14(8-3-1)9-6-12-18-13-17-19-15-10-4-5-11-16(15)20-17/h1-5,7-8,10-11,18H,6,9,12-13H2. The number of hydrogen-bond acceptors (Lipinski definition) is 3. The molecule has 0 amide bonds. The molecular weight excluding hydrogens is 264 g/mol. The van der Waals surface area contributed by atoms with Gasteiger partial charge in [-0.15, -0.1) is 11.3 Å². The van der Waals surface area contributed by atoms with Crippen molar-refractivity contribution in [2.75, 3.05) is 6.54 Å². The summed E-state index contributed by atoms with van der Waals surface area (Å²) in [6, 6.07) is 19.0. The van der Waals surface area contributed by atoms with E-state index in [1.54, 1.807) is 11.3 Å². The molecule has 1 heterocycles. The Labute approximate surface area is 123 Å². The molecule has 0 aliphatic rings. The quantitative estimate of drug-likeness (QED) is 0.691. The molecule has 0 atom stereocenters. The van der Waals surface area contributed by atoms with Crippen molar-refractivity contribution >= 4 is 21.6 Å². The Bertz CT molecular complexity index is 628. The molecule has 1 N–H and O–H groups in total. The SMILES string of the molecule is c1ccc(CCCNCc2nc3ccccc3s2)cc1. The molecule has 0 aliphatic heterocycles. The van der Waals surface area contributed by atoms with Gasteiger partial charge in [-0.05, 0) is 37.1 Å². The summed E-state index contributed by atoms with van der Waals surface area (Å²) < 4.78 is 1.27. The minimum atomic E-state index is 0.869. The van der Waals surface area contributed by atoms with Crippen molar-refractivity contribution in [2.24, 2.45) is 0 Å². The number of para-hydroxylation sites is 1. The van der Waals surface area contributed by atoms with E-state index in [1.807, 2.05) is 6.07 Å². The highest BCUT2D eigenvalue weighted by Crippen LogP contribution is 2.21. The van der Waals surface area contributed by atoms with E-state index >= 15 is 0 Å². The van der Waals surface area contributed by atoms with Gasteiger partial charge < -0.3 is 5.32 Å². The van der Waals surface area contributed by atoms with Crippen molar-refractivity contribution in [1.29, 1.82) is 0 Å². The predicted octanol–water partition coefficient (Wildman–Crippen LogP) is 4.02. The van der Waals surface area contributed by atoms with Gasteiger partial charge in [0.1, 0.15) is 5.01 Å². The second-order valence-corrected chi connectivity index (χ2v) is 5.96. The number of nitrogens with zero attached hydrogens (tertiary/aromatic N) is 1. The number of aromatic nitrogens is 1. The zero-order chi connectivity index (χ0) is 13.6. The Morgan fingerprint density at radius 3 is 2.60 bits per heavy atom. The maximum atomic E-state index is 4.62. The molecule has 2 nitrogen and oxygen atoms in total. The third-order valence-corrected chi connectivity index (χ3v) is 4.31. The monoisotopic (exact) mass is 282 g/mol. The van der Waals surface area contributed by atoms with Crippen molar-refractivity contribution in [1.82, 2.24) is 10.3 Å². The molecule has 20 heavy (non-hydrogen) atoms. The molecule has 0 bridgehead atoms. The highest BCUT2D eigenvalue weighted by molar-refractivity contribution is 7.18. The van der Waals surface area contributed by atoms with E-state index in [2.05, 4.69) is 58.8 Å². The molecule has 3 rings (SSSR count). The average molecular weight is 282 g/mol. The fourth-order valence-corrected chi connectivity index (χ4v) is 3.19. The number of nitrogens with one attached hydrogen (secondary N) is 1. The molecule has 0 unspecified atom stereocenters. The third-order valence-electron chi connectivity index (χ3n) is 3.28. The van der Waals surface area contributed by atoms with Gasteiger partial charge in [0, 0.05) is 6.54 Å². The summed E-state index contributed by atoms with van der Waals surface area (Å²) in [5.41, 5.74) is 2.52. The fourth-order valence-electron chi connectivity index (χ4n) is 2.25. The fraction of sp³-hybridized carbons (Fsp3) is 0.235. The Kier molecular flexibility index (Phi) is 4.41. The number of benzene rings is 2. The lowest BCUT2D eigenvalue weighted by molar-refractivity contribution is 0.648. The third kappa shape index (κ3) is 3.44. The lowest BCUT2D eigenvalue weighted by Gasteiger charge is -2.02. The van der Waals surface area contributed by atoms with Crippen LogP contribution in [0.2, 0.25) is 0 Å². The molecule has 3 heteroatoms. The minimum Gasteiger partial charge on any atom is -0.310 e. The van der Waals surface area contributed by atoms with Crippen molar-refractivity contribution < 1.29 is 0 Å². The van der Waals surface area contributed by atoms with Crippen LogP contribution in [0.25, 0.3) is 10.2 Å². The van der Waals surface area contributed by atoms with Crippen LogP contribution in [0, 0.1) is 0 Å². The highest BCUT2D eigenvalue weighted by atomic mass is 32.1. The summed E-state index contributed by atoms with van der Waals surface area (Å²) in [5.74, 6) is 0. The second kappa shape index (κ2) is 6.64. The van der Waals surface area contributed by atoms with Gasteiger partial charge in [-0.2, -0.15) is 0 Å². The van der Waals surface area contributed by atoms with Crippen LogP contribution < -0.4 is 5.32 Å². The molecule has 2 aromatic carbocycles. The van der Waals surface area contributed by atoms with Gasteiger partial charge in [0.25, 0.3) is 0 Å². The van der Waals surface area contributed by atoms with Crippen LogP contribution in [0.15, 0.2) is 54.6 Å². The van der Waals surface area contributed by atoms with Gasteiger partial charge in [0.2, 0.25) is 0 Å². The van der Waals surface area contributed by atoms with Crippen LogP contribution >= 0.6 is 11.3 Å². The maximum absolute atomic E-state index is 4.62. The summed E-state index contributed by atoms with van der Waals surface area (Å²) in [4.78, 5) is 4.62. The zero-order valence-corrected chi connectivity index (χ0v) is 12.2. The van der Waals surface area contributed by atoms with Crippen LogP contribution in [-0.4, -0.2) is 11.5 Å².